The molecule has 0 aliphatic carbocycles. The summed E-state index contributed by atoms with van der Waals surface area (Å²) < 4.78 is 12.1. The van der Waals surface area contributed by atoms with Gasteiger partial charge in [-0.2, -0.15) is 5.10 Å². The molecule has 0 bridgehead atoms. The highest BCUT2D eigenvalue weighted by atomic mass is 16.5. The average molecular weight is 262 g/mol. The molecule has 19 heavy (non-hydrogen) atoms. The van der Waals surface area contributed by atoms with Crippen LogP contribution < -0.4 is 9.47 Å². The molecule has 1 N–H and O–H groups in total. The van der Waals surface area contributed by atoms with Crippen molar-refractivity contribution in [1.29, 1.82) is 0 Å². The average Bonchev–Trinajstić information content (AvgIpc) is 2.78. The van der Waals surface area contributed by atoms with Crippen LogP contribution in [0.2, 0.25) is 0 Å². The molecule has 6 heteroatoms. The Morgan fingerprint density at radius 3 is 2.84 bits per heavy atom. The summed E-state index contributed by atoms with van der Waals surface area (Å²) in [6.07, 6.45) is 1.31. The van der Waals surface area contributed by atoms with E-state index in [4.69, 9.17) is 14.6 Å². The van der Waals surface area contributed by atoms with Crippen molar-refractivity contribution in [2.75, 3.05) is 7.11 Å². The second kappa shape index (κ2) is 5.43. The largest absolute Gasteiger partial charge is 0.497 e. The van der Waals surface area contributed by atoms with E-state index in [2.05, 4.69) is 5.10 Å². The third-order valence-electron chi connectivity index (χ3n) is 2.71. The van der Waals surface area contributed by atoms with Crippen molar-refractivity contribution in [1.82, 2.24) is 9.78 Å². The van der Waals surface area contributed by atoms with E-state index in [-0.39, 0.29) is 12.2 Å². The minimum atomic E-state index is -1.02. The van der Waals surface area contributed by atoms with Gasteiger partial charge in [0.15, 0.2) is 0 Å². The summed E-state index contributed by atoms with van der Waals surface area (Å²) in [5, 5.41) is 12.9. The fourth-order valence-corrected chi connectivity index (χ4v) is 1.66. The van der Waals surface area contributed by atoms with E-state index < -0.39 is 5.97 Å². The maximum Gasteiger partial charge on any atom is 0.339 e. The highest BCUT2D eigenvalue weighted by Crippen LogP contribution is 2.20. The van der Waals surface area contributed by atoms with Gasteiger partial charge in [-0.15, -0.1) is 0 Å². The zero-order valence-corrected chi connectivity index (χ0v) is 10.7. The summed E-state index contributed by atoms with van der Waals surface area (Å²) in [6, 6.07) is 7.12. The summed E-state index contributed by atoms with van der Waals surface area (Å²) >= 11 is 0. The number of carboxylic acids is 1. The number of aryl methyl sites for hydroxylation is 1. The number of benzene rings is 1. The molecule has 0 saturated carbocycles. The summed E-state index contributed by atoms with van der Waals surface area (Å²) in [6.45, 7) is 0.130. The molecular weight excluding hydrogens is 248 g/mol. The van der Waals surface area contributed by atoms with Crippen LogP contribution in [0.3, 0.4) is 0 Å². The monoisotopic (exact) mass is 262 g/mol. The van der Waals surface area contributed by atoms with E-state index in [0.717, 1.165) is 0 Å². The van der Waals surface area contributed by atoms with Crippen LogP contribution in [0.1, 0.15) is 16.1 Å². The SMILES string of the molecule is COc1cccc(OCc2c(C(=O)O)cnn2C)c1. The molecular formula is C13H14N2O4. The molecule has 0 atom stereocenters. The molecule has 0 unspecified atom stereocenters. The van der Waals surface area contributed by atoms with Crippen LogP contribution in [-0.2, 0) is 13.7 Å². The molecule has 1 heterocycles. The molecule has 0 aliphatic rings. The van der Waals surface area contributed by atoms with Gasteiger partial charge in [-0.25, -0.2) is 4.79 Å². The lowest BCUT2D eigenvalue weighted by molar-refractivity contribution is 0.0693. The summed E-state index contributed by atoms with van der Waals surface area (Å²) in [5.74, 6) is 0.273. The second-order valence-corrected chi connectivity index (χ2v) is 3.90. The zero-order valence-electron chi connectivity index (χ0n) is 10.7. The number of carboxylic acid groups (broad SMARTS) is 1. The van der Waals surface area contributed by atoms with Crippen molar-refractivity contribution < 1.29 is 19.4 Å². The van der Waals surface area contributed by atoms with Gasteiger partial charge in [0, 0.05) is 13.1 Å². The van der Waals surface area contributed by atoms with Crippen molar-refractivity contribution in [2.24, 2.45) is 7.05 Å². The first-order valence-electron chi connectivity index (χ1n) is 5.63. The molecule has 0 fully saturated rings. The van der Waals surface area contributed by atoms with E-state index in [1.165, 1.54) is 10.9 Å². The number of rotatable bonds is 5. The van der Waals surface area contributed by atoms with E-state index in [1.54, 1.807) is 38.4 Å². The third-order valence-corrected chi connectivity index (χ3v) is 2.71. The Kier molecular flexibility index (Phi) is 3.70. The summed E-state index contributed by atoms with van der Waals surface area (Å²) in [4.78, 5) is 11.0. The van der Waals surface area contributed by atoms with Gasteiger partial charge in [0.25, 0.3) is 0 Å². The number of aromatic nitrogens is 2. The Balaban J connectivity index is 2.14. The van der Waals surface area contributed by atoms with Crippen LogP contribution in [0, 0.1) is 0 Å². The highest BCUT2D eigenvalue weighted by molar-refractivity contribution is 5.88. The Morgan fingerprint density at radius 1 is 1.42 bits per heavy atom. The molecule has 1 aromatic heterocycles. The Bertz CT molecular complexity index is 592. The highest BCUT2D eigenvalue weighted by Gasteiger charge is 2.15. The lowest BCUT2D eigenvalue weighted by Crippen LogP contribution is -2.08. The van der Waals surface area contributed by atoms with Crippen LogP contribution in [0.15, 0.2) is 30.5 Å². The first-order valence-corrected chi connectivity index (χ1v) is 5.63. The molecule has 0 saturated heterocycles. The Morgan fingerprint density at radius 2 is 2.16 bits per heavy atom. The molecule has 100 valence electrons. The molecule has 0 radical (unpaired) electrons. The fraction of sp³-hybridized carbons (Fsp3) is 0.231. The van der Waals surface area contributed by atoms with Crippen molar-refractivity contribution in [3.8, 4) is 11.5 Å². The topological polar surface area (TPSA) is 73.6 Å². The Labute approximate surface area is 110 Å². The summed E-state index contributed by atoms with van der Waals surface area (Å²) in [7, 11) is 3.25. The third kappa shape index (κ3) is 2.85. The van der Waals surface area contributed by atoms with Crippen LogP contribution >= 0.6 is 0 Å². The van der Waals surface area contributed by atoms with Crippen LogP contribution in [0.4, 0.5) is 0 Å². The van der Waals surface area contributed by atoms with E-state index >= 15 is 0 Å². The standard InChI is InChI=1S/C13H14N2O4/c1-15-12(11(7-14-15)13(16)17)8-19-10-5-3-4-9(6-10)18-2/h3-7H,8H2,1-2H3,(H,16,17). The number of nitrogens with zero attached hydrogens (tertiary/aromatic N) is 2. The number of ether oxygens (including phenoxy) is 2. The van der Waals surface area contributed by atoms with E-state index in [9.17, 15) is 4.79 Å². The van der Waals surface area contributed by atoms with Gasteiger partial charge in [-0.1, -0.05) is 6.07 Å². The van der Waals surface area contributed by atoms with Crippen molar-refractivity contribution >= 4 is 5.97 Å². The number of aromatic carboxylic acids is 1. The molecule has 0 aliphatic heterocycles. The molecule has 2 rings (SSSR count). The first kappa shape index (κ1) is 12.9. The number of methoxy groups -OCH3 is 1. The molecule has 0 amide bonds. The van der Waals surface area contributed by atoms with Crippen molar-refractivity contribution in [3.63, 3.8) is 0 Å². The van der Waals surface area contributed by atoms with Crippen molar-refractivity contribution in [2.45, 2.75) is 6.61 Å². The predicted octanol–water partition coefficient (Wildman–Crippen LogP) is 1.71. The fourth-order valence-electron chi connectivity index (χ4n) is 1.66. The predicted molar refractivity (Wildman–Crippen MR) is 67.5 cm³/mol. The first-order chi connectivity index (χ1) is 9.11. The van der Waals surface area contributed by atoms with Crippen LogP contribution in [0.5, 0.6) is 11.5 Å². The van der Waals surface area contributed by atoms with Crippen LogP contribution in [0.25, 0.3) is 0 Å². The zero-order chi connectivity index (χ0) is 13.8. The minimum Gasteiger partial charge on any atom is -0.497 e. The lowest BCUT2D eigenvalue weighted by Gasteiger charge is -2.08. The number of hydrogen-bond donors (Lipinski definition) is 1. The van der Waals surface area contributed by atoms with Gasteiger partial charge in [-0.05, 0) is 12.1 Å². The minimum absolute atomic E-state index is 0.130. The number of carbonyl (C=O) groups is 1. The van der Waals surface area contributed by atoms with Gasteiger partial charge in [0.05, 0.1) is 19.0 Å². The van der Waals surface area contributed by atoms with E-state index in [1.807, 2.05) is 0 Å². The molecule has 0 spiro atoms. The lowest BCUT2D eigenvalue weighted by atomic mass is 10.2. The van der Waals surface area contributed by atoms with Gasteiger partial charge in [-0.3, -0.25) is 4.68 Å². The Hall–Kier alpha value is -2.50. The van der Waals surface area contributed by atoms with Gasteiger partial charge < -0.3 is 14.6 Å². The number of hydrogen-bond acceptors (Lipinski definition) is 4. The van der Waals surface area contributed by atoms with Gasteiger partial charge in [0.1, 0.15) is 23.7 Å². The normalized spacial score (nSPS) is 10.2. The van der Waals surface area contributed by atoms with E-state index in [0.29, 0.717) is 17.2 Å². The maximum absolute atomic E-state index is 11.0. The maximum atomic E-state index is 11.0. The quantitative estimate of drug-likeness (QED) is 0.887. The smallest absolute Gasteiger partial charge is 0.339 e. The second-order valence-electron chi connectivity index (χ2n) is 3.90. The molecule has 2 aromatic rings. The van der Waals surface area contributed by atoms with Gasteiger partial charge in [0.2, 0.25) is 0 Å². The van der Waals surface area contributed by atoms with Gasteiger partial charge >= 0.3 is 5.97 Å². The van der Waals surface area contributed by atoms with Crippen molar-refractivity contribution in [3.05, 3.63) is 41.7 Å². The summed E-state index contributed by atoms with van der Waals surface area (Å²) in [5.41, 5.74) is 0.653. The molecule has 6 nitrogen and oxygen atoms in total. The molecule has 1 aromatic carbocycles. The van der Waals surface area contributed by atoms with Crippen LogP contribution in [-0.4, -0.2) is 28.0 Å².